The zero-order valence-electron chi connectivity index (χ0n) is 10.2. The number of nitrogens with zero attached hydrogens (tertiary/aromatic N) is 1. The molecular formula is C11H15N3O3S. The summed E-state index contributed by atoms with van der Waals surface area (Å²) in [5.41, 5.74) is 7.47. The van der Waals surface area contributed by atoms with Gasteiger partial charge in [-0.1, -0.05) is 0 Å². The highest BCUT2D eigenvalue weighted by Gasteiger charge is 2.13. The maximum atomic E-state index is 11.1. The van der Waals surface area contributed by atoms with Crippen LogP contribution in [0.25, 0.3) is 11.1 Å². The highest BCUT2D eigenvalue weighted by atomic mass is 32.2. The Morgan fingerprint density at radius 1 is 1.50 bits per heavy atom. The summed E-state index contributed by atoms with van der Waals surface area (Å²) < 4.78 is 27.7. The van der Waals surface area contributed by atoms with Crippen LogP contribution in [-0.4, -0.2) is 31.5 Å². The van der Waals surface area contributed by atoms with Crippen molar-refractivity contribution in [2.45, 2.75) is 13.0 Å². The van der Waals surface area contributed by atoms with E-state index in [4.69, 9.17) is 10.2 Å². The fourth-order valence-corrected chi connectivity index (χ4v) is 2.70. The smallest absolute Gasteiger partial charge is 0.295 e. The van der Waals surface area contributed by atoms with Gasteiger partial charge < -0.3 is 15.5 Å². The fraction of sp³-hybridized carbons (Fsp3) is 0.364. The van der Waals surface area contributed by atoms with Gasteiger partial charge in [0.2, 0.25) is 0 Å². The molecule has 1 atom stereocenters. The largest absolute Gasteiger partial charge is 0.423 e. The lowest BCUT2D eigenvalue weighted by Crippen LogP contribution is -2.25. The van der Waals surface area contributed by atoms with Crippen molar-refractivity contribution in [1.29, 1.82) is 0 Å². The maximum absolute atomic E-state index is 11.1. The summed E-state index contributed by atoms with van der Waals surface area (Å²) in [5, 5.41) is 2.91. The van der Waals surface area contributed by atoms with Gasteiger partial charge in [-0.3, -0.25) is 0 Å². The molecule has 0 saturated heterocycles. The molecule has 0 fully saturated rings. The Labute approximate surface area is 105 Å². The molecule has 0 radical (unpaired) electrons. The number of hydrogen-bond acceptors (Lipinski definition) is 6. The van der Waals surface area contributed by atoms with Crippen molar-refractivity contribution in [2.24, 2.45) is 0 Å². The second-order valence-corrected chi connectivity index (χ2v) is 6.57. The van der Waals surface area contributed by atoms with Gasteiger partial charge in [-0.05, 0) is 19.1 Å². The SMILES string of the molecule is CC(CS(C)(=O)=O)Nc1nc2ccc(N)cc2o1. The first kappa shape index (κ1) is 12.7. The monoisotopic (exact) mass is 269 g/mol. The lowest BCUT2D eigenvalue weighted by atomic mass is 10.3. The molecule has 0 spiro atoms. The Kier molecular flexibility index (Phi) is 3.16. The van der Waals surface area contributed by atoms with E-state index in [-0.39, 0.29) is 11.8 Å². The van der Waals surface area contributed by atoms with Crippen LogP contribution in [0.1, 0.15) is 6.92 Å². The van der Waals surface area contributed by atoms with Crippen molar-refractivity contribution in [3.05, 3.63) is 18.2 Å². The molecule has 0 aliphatic rings. The van der Waals surface area contributed by atoms with Crippen molar-refractivity contribution >= 4 is 32.6 Å². The van der Waals surface area contributed by atoms with Gasteiger partial charge in [-0.25, -0.2) is 8.42 Å². The van der Waals surface area contributed by atoms with Crippen molar-refractivity contribution in [3.63, 3.8) is 0 Å². The second kappa shape index (κ2) is 4.49. The van der Waals surface area contributed by atoms with Crippen LogP contribution in [0.3, 0.4) is 0 Å². The minimum atomic E-state index is -3.03. The van der Waals surface area contributed by atoms with Crippen molar-refractivity contribution < 1.29 is 12.8 Å². The third-order valence-electron chi connectivity index (χ3n) is 2.34. The zero-order chi connectivity index (χ0) is 13.3. The minimum Gasteiger partial charge on any atom is -0.423 e. The number of benzene rings is 1. The Morgan fingerprint density at radius 2 is 2.22 bits per heavy atom. The molecule has 1 unspecified atom stereocenters. The molecule has 1 aromatic carbocycles. The quantitative estimate of drug-likeness (QED) is 0.811. The molecule has 0 amide bonds. The predicted molar refractivity (Wildman–Crippen MR) is 71.2 cm³/mol. The average molecular weight is 269 g/mol. The van der Waals surface area contributed by atoms with E-state index in [0.29, 0.717) is 22.8 Å². The number of anilines is 2. The van der Waals surface area contributed by atoms with E-state index in [1.165, 1.54) is 6.26 Å². The van der Waals surface area contributed by atoms with E-state index in [9.17, 15) is 8.42 Å². The van der Waals surface area contributed by atoms with Gasteiger partial charge >= 0.3 is 0 Å². The Bertz CT molecular complexity index is 663. The first-order chi connectivity index (χ1) is 8.33. The van der Waals surface area contributed by atoms with Gasteiger partial charge in [-0.2, -0.15) is 4.98 Å². The molecule has 2 aromatic rings. The van der Waals surface area contributed by atoms with Crippen LogP contribution < -0.4 is 11.1 Å². The van der Waals surface area contributed by atoms with E-state index in [1.807, 2.05) is 0 Å². The molecule has 0 saturated carbocycles. The second-order valence-electron chi connectivity index (χ2n) is 4.38. The third kappa shape index (κ3) is 3.13. The van der Waals surface area contributed by atoms with E-state index in [0.717, 1.165) is 0 Å². The van der Waals surface area contributed by atoms with Gasteiger partial charge in [0, 0.05) is 24.1 Å². The van der Waals surface area contributed by atoms with Crippen molar-refractivity contribution in [2.75, 3.05) is 23.1 Å². The van der Waals surface area contributed by atoms with Gasteiger partial charge in [0.1, 0.15) is 15.4 Å². The molecule has 0 bridgehead atoms. The average Bonchev–Trinajstić information content (AvgIpc) is 2.55. The summed E-state index contributed by atoms with van der Waals surface area (Å²) in [4.78, 5) is 4.20. The van der Waals surface area contributed by atoms with Gasteiger partial charge in [0.15, 0.2) is 5.58 Å². The Balaban J connectivity index is 2.17. The number of nitrogens with two attached hydrogens (primary N) is 1. The number of nitrogens with one attached hydrogen (secondary N) is 1. The van der Waals surface area contributed by atoms with Crippen LogP contribution >= 0.6 is 0 Å². The normalized spacial score (nSPS) is 13.7. The summed E-state index contributed by atoms with van der Waals surface area (Å²) in [6.45, 7) is 1.75. The number of rotatable bonds is 4. The summed E-state index contributed by atoms with van der Waals surface area (Å²) >= 11 is 0. The van der Waals surface area contributed by atoms with Crippen LogP contribution in [0.5, 0.6) is 0 Å². The lowest BCUT2D eigenvalue weighted by Gasteiger charge is -2.09. The topological polar surface area (TPSA) is 98.2 Å². The number of fused-ring (bicyclic) bond motifs is 1. The third-order valence-corrected chi connectivity index (χ3v) is 3.44. The highest BCUT2D eigenvalue weighted by Crippen LogP contribution is 2.21. The summed E-state index contributed by atoms with van der Waals surface area (Å²) in [6.07, 6.45) is 1.19. The summed E-state index contributed by atoms with van der Waals surface area (Å²) in [6, 6.07) is 5.18. The van der Waals surface area contributed by atoms with E-state index in [2.05, 4.69) is 10.3 Å². The molecule has 98 valence electrons. The number of sulfone groups is 1. The number of nitrogen functional groups attached to an aromatic ring is 1. The summed E-state index contributed by atoms with van der Waals surface area (Å²) in [7, 11) is -3.03. The van der Waals surface area contributed by atoms with Crippen LogP contribution in [0.4, 0.5) is 11.7 Å². The molecule has 0 aliphatic heterocycles. The predicted octanol–water partition coefficient (Wildman–Crippen LogP) is 1.25. The fourth-order valence-electron chi connectivity index (χ4n) is 1.71. The zero-order valence-corrected chi connectivity index (χ0v) is 11.0. The van der Waals surface area contributed by atoms with Crippen LogP contribution in [0.2, 0.25) is 0 Å². The molecule has 1 aromatic heterocycles. The number of aromatic nitrogens is 1. The van der Waals surface area contributed by atoms with Crippen LogP contribution in [0, 0.1) is 0 Å². The standard InChI is InChI=1S/C11H15N3O3S/c1-7(6-18(2,15)16)13-11-14-9-4-3-8(12)5-10(9)17-11/h3-5,7H,6,12H2,1-2H3,(H,13,14). The van der Waals surface area contributed by atoms with Gasteiger partial charge in [-0.15, -0.1) is 0 Å². The molecule has 2 rings (SSSR count). The number of hydrogen-bond donors (Lipinski definition) is 2. The van der Waals surface area contributed by atoms with Gasteiger partial charge in [0.25, 0.3) is 6.01 Å². The lowest BCUT2D eigenvalue weighted by molar-refractivity contribution is 0.589. The Hall–Kier alpha value is -1.76. The van der Waals surface area contributed by atoms with Crippen LogP contribution in [-0.2, 0) is 9.84 Å². The molecule has 6 nitrogen and oxygen atoms in total. The Morgan fingerprint density at radius 3 is 2.89 bits per heavy atom. The molecule has 18 heavy (non-hydrogen) atoms. The molecular weight excluding hydrogens is 254 g/mol. The van der Waals surface area contributed by atoms with Crippen molar-refractivity contribution in [1.82, 2.24) is 4.98 Å². The molecule has 7 heteroatoms. The first-order valence-electron chi connectivity index (χ1n) is 5.44. The van der Waals surface area contributed by atoms with E-state index in [1.54, 1.807) is 25.1 Å². The molecule has 3 N–H and O–H groups in total. The highest BCUT2D eigenvalue weighted by molar-refractivity contribution is 7.90. The molecule has 0 aliphatic carbocycles. The number of oxazole rings is 1. The van der Waals surface area contributed by atoms with E-state index >= 15 is 0 Å². The van der Waals surface area contributed by atoms with Gasteiger partial charge in [0.05, 0.1) is 5.75 Å². The van der Waals surface area contributed by atoms with Crippen LogP contribution in [0.15, 0.2) is 22.6 Å². The summed E-state index contributed by atoms with van der Waals surface area (Å²) in [5.74, 6) is 0.0217. The maximum Gasteiger partial charge on any atom is 0.295 e. The molecule has 1 heterocycles. The van der Waals surface area contributed by atoms with E-state index < -0.39 is 9.84 Å². The minimum absolute atomic E-state index is 0.0217. The van der Waals surface area contributed by atoms with Crippen molar-refractivity contribution in [3.8, 4) is 0 Å². The first-order valence-corrected chi connectivity index (χ1v) is 7.50.